The average molecular weight is 181 g/mol. The summed E-state index contributed by atoms with van der Waals surface area (Å²) >= 11 is 0. The van der Waals surface area contributed by atoms with Crippen molar-refractivity contribution in [1.82, 2.24) is 0 Å². The largest absolute Gasteiger partial charge is 0.379 e. The molecule has 0 aromatic carbocycles. The minimum atomic E-state index is 0.572. The molecule has 0 atom stereocenters. The van der Waals surface area contributed by atoms with Gasteiger partial charge in [-0.15, -0.1) is 4.91 Å². The quantitative estimate of drug-likeness (QED) is 0.311. The van der Waals surface area contributed by atoms with Gasteiger partial charge in [0, 0.05) is 12.8 Å². The summed E-state index contributed by atoms with van der Waals surface area (Å²) in [6.45, 7) is 0. The van der Waals surface area contributed by atoms with Gasteiger partial charge in [-0.25, -0.2) is 0 Å². The van der Waals surface area contributed by atoms with Crippen LogP contribution in [-0.4, -0.2) is 5.21 Å². The van der Waals surface area contributed by atoms with Gasteiger partial charge in [-0.05, 0) is 12.8 Å². The molecule has 0 amide bonds. The van der Waals surface area contributed by atoms with Crippen molar-refractivity contribution in [3.63, 3.8) is 0 Å². The zero-order valence-electron chi connectivity index (χ0n) is 7.18. The lowest BCUT2D eigenvalue weighted by molar-refractivity contribution is 0.312. The first-order valence-corrected chi connectivity index (χ1v) is 3.69. The molecule has 5 heteroatoms. The van der Waals surface area contributed by atoms with Gasteiger partial charge >= 0.3 is 0 Å². The molecule has 13 heavy (non-hydrogen) atoms. The predicted molar refractivity (Wildman–Crippen MR) is 46.4 cm³/mol. The van der Waals surface area contributed by atoms with Crippen LogP contribution < -0.4 is 0 Å². The first-order valence-electron chi connectivity index (χ1n) is 3.69. The molecule has 0 aliphatic rings. The third-order valence-electron chi connectivity index (χ3n) is 1.01. The first kappa shape index (κ1) is 13.7. The van der Waals surface area contributed by atoms with E-state index in [1.165, 1.54) is 5.34 Å². The SMILES string of the molecule is N#CCC/C=C/CCC#N.O=NO. The Balaban J connectivity index is 0. The van der Waals surface area contributed by atoms with Gasteiger partial charge in [0.1, 0.15) is 0 Å². The van der Waals surface area contributed by atoms with Crippen molar-refractivity contribution in [2.75, 3.05) is 0 Å². The molecule has 0 unspecified atom stereocenters. The Morgan fingerprint density at radius 1 is 1.15 bits per heavy atom. The van der Waals surface area contributed by atoms with Crippen LogP contribution in [0.2, 0.25) is 0 Å². The molecule has 0 saturated heterocycles. The van der Waals surface area contributed by atoms with Crippen LogP contribution in [0.3, 0.4) is 0 Å². The minimum Gasteiger partial charge on any atom is -0.379 e. The molecule has 0 aromatic rings. The number of hydrogen-bond donors (Lipinski definition) is 1. The third-order valence-corrected chi connectivity index (χ3v) is 1.01. The highest BCUT2D eigenvalue weighted by Crippen LogP contribution is 1.93. The Labute approximate surface area is 76.8 Å². The lowest BCUT2D eigenvalue weighted by atomic mass is 10.2. The van der Waals surface area contributed by atoms with E-state index in [9.17, 15) is 0 Å². The first-order chi connectivity index (χ1) is 6.33. The molecule has 1 N–H and O–H groups in total. The summed E-state index contributed by atoms with van der Waals surface area (Å²) < 4.78 is 0. The highest BCUT2D eigenvalue weighted by atomic mass is 16.6. The second-order valence-corrected chi connectivity index (χ2v) is 1.95. The Bertz CT molecular complexity index is 192. The van der Waals surface area contributed by atoms with Crippen LogP contribution in [0, 0.1) is 27.6 Å². The summed E-state index contributed by atoms with van der Waals surface area (Å²) in [5, 5.41) is 24.2. The van der Waals surface area contributed by atoms with Crippen LogP contribution in [0.25, 0.3) is 0 Å². The number of hydrogen-bond acceptors (Lipinski definition) is 4. The number of nitrogens with zero attached hydrogens (tertiary/aromatic N) is 3. The monoisotopic (exact) mass is 181 g/mol. The van der Waals surface area contributed by atoms with Crippen molar-refractivity contribution in [3.05, 3.63) is 17.1 Å². The van der Waals surface area contributed by atoms with Crippen LogP contribution in [0.1, 0.15) is 25.7 Å². The number of allylic oxidation sites excluding steroid dienone is 2. The Kier molecular flexibility index (Phi) is 17.5. The molecule has 0 aliphatic heterocycles. The molecule has 0 rings (SSSR count). The summed E-state index contributed by atoms with van der Waals surface area (Å²) in [4.78, 5) is 8.11. The molecule has 0 radical (unpaired) electrons. The highest BCUT2D eigenvalue weighted by Gasteiger charge is 1.78. The van der Waals surface area contributed by atoms with Crippen molar-refractivity contribution in [1.29, 1.82) is 10.5 Å². The summed E-state index contributed by atoms with van der Waals surface area (Å²) in [7, 11) is 0. The van der Waals surface area contributed by atoms with Gasteiger partial charge < -0.3 is 5.21 Å². The van der Waals surface area contributed by atoms with Gasteiger partial charge in [-0.2, -0.15) is 10.5 Å². The van der Waals surface area contributed by atoms with E-state index in [2.05, 4.69) is 0 Å². The van der Waals surface area contributed by atoms with E-state index in [0.717, 1.165) is 12.8 Å². The van der Waals surface area contributed by atoms with Gasteiger partial charge in [0.25, 0.3) is 0 Å². The average Bonchev–Trinajstić information content (AvgIpc) is 2.13. The van der Waals surface area contributed by atoms with Crippen LogP contribution in [0.4, 0.5) is 0 Å². The third kappa shape index (κ3) is 25.5. The van der Waals surface area contributed by atoms with Gasteiger partial charge in [0.15, 0.2) is 5.34 Å². The molecule has 70 valence electrons. The summed E-state index contributed by atoms with van der Waals surface area (Å²) in [6.07, 6.45) is 6.65. The Hall–Kier alpha value is -1.88. The number of unbranched alkanes of at least 4 members (excludes halogenated alkanes) is 2. The van der Waals surface area contributed by atoms with E-state index in [1.54, 1.807) is 0 Å². The van der Waals surface area contributed by atoms with Crippen LogP contribution in [-0.2, 0) is 0 Å². The zero-order chi connectivity index (χ0) is 10.4. The fraction of sp³-hybridized carbons (Fsp3) is 0.500. The maximum absolute atomic E-state index is 8.13. The molecular formula is C8H11N3O2. The number of rotatable bonds is 4. The van der Waals surface area contributed by atoms with Crippen molar-refractivity contribution < 1.29 is 5.21 Å². The molecular weight excluding hydrogens is 170 g/mol. The zero-order valence-corrected chi connectivity index (χ0v) is 7.18. The summed E-state index contributed by atoms with van der Waals surface area (Å²) in [5.74, 6) is 0. The smallest absolute Gasteiger partial charge is 0.152 e. The van der Waals surface area contributed by atoms with Crippen LogP contribution in [0.15, 0.2) is 17.5 Å². The van der Waals surface area contributed by atoms with E-state index in [1.807, 2.05) is 24.3 Å². The predicted octanol–water partition coefficient (Wildman–Crippen LogP) is 2.29. The van der Waals surface area contributed by atoms with Crippen molar-refractivity contribution in [3.8, 4) is 12.1 Å². The van der Waals surface area contributed by atoms with E-state index in [0.29, 0.717) is 12.8 Å². The lowest BCUT2D eigenvalue weighted by Crippen LogP contribution is -1.66. The Morgan fingerprint density at radius 2 is 1.46 bits per heavy atom. The normalized spacial score (nSPS) is 7.85. The van der Waals surface area contributed by atoms with Crippen molar-refractivity contribution in [2.24, 2.45) is 5.34 Å². The summed E-state index contributed by atoms with van der Waals surface area (Å²) in [6, 6.07) is 4.08. The molecule has 5 nitrogen and oxygen atoms in total. The van der Waals surface area contributed by atoms with E-state index >= 15 is 0 Å². The molecule has 0 fully saturated rings. The van der Waals surface area contributed by atoms with Crippen LogP contribution >= 0.6 is 0 Å². The lowest BCUT2D eigenvalue weighted by Gasteiger charge is -1.81. The Morgan fingerprint density at radius 3 is 1.69 bits per heavy atom. The van der Waals surface area contributed by atoms with Crippen LogP contribution in [0.5, 0.6) is 0 Å². The van der Waals surface area contributed by atoms with Gasteiger partial charge in [-0.3, -0.25) is 0 Å². The van der Waals surface area contributed by atoms with Crippen molar-refractivity contribution >= 4 is 0 Å². The minimum absolute atomic E-state index is 0.572. The fourth-order valence-electron chi connectivity index (χ4n) is 0.531. The van der Waals surface area contributed by atoms with E-state index < -0.39 is 0 Å². The molecule has 0 aliphatic carbocycles. The second-order valence-electron chi connectivity index (χ2n) is 1.95. The standard InChI is InChI=1S/C8H10N2.HNO2/c9-7-5-3-1-2-4-6-8-10;2-1-3/h1-2H,3-6H2;(H,2,3)/b2-1+;. The highest BCUT2D eigenvalue weighted by molar-refractivity contribution is 4.87. The summed E-state index contributed by atoms with van der Waals surface area (Å²) in [5.41, 5.74) is 0. The molecule has 0 bridgehead atoms. The van der Waals surface area contributed by atoms with Gasteiger partial charge in [0.05, 0.1) is 12.1 Å². The molecule has 0 aromatic heterocycles. The molecule has 0 heterocycles. The van der Waals surface area contributed by atoms with E-state index in [-0.39, 0.29) is 0 Å². The molecule has 0 spiro atoms. The second kappa shape index (κ2) is 16.6. The fourth-order valence-corrected chi connectivity index (χ4v) is 0.531. The van der Waals surface area contributed by atoms with E-state index in [4.69, 9.17) is 20.6 Å². The number of nitriles is 2. The topological polar surface area (TPSA) is 97.2 Å². The maximum atomic E-state index is 8.13. The maximum Gasteiger partial charge on any atom is 0.152 e. The van der Waals surface area contributed by atoms with Crippen molar-refractivity contribution in [2.45, 2.75) is 25.7 Å². The van der Waals surface area contributed by atoms with Gasteiger partial charge in [0.2, 0.25) is 0 Å². The van der Waals surface area contributed by atoms with Gasteiger partial charge in [-0.1, -0.05) is 12.2 Å². The molecule has 0 saturated carbocycles.